The normalized spacial score (nSPS) is 11.0. The molecule has 1 aromatic carbocycles. The zero-order valence-corrected chi connectivity index (χ0v) is 15.6. The SMILES string of the molecule is CCN(C)C(=O)Cn1ccc2c(Nc3c(C)cc(Cl)cc3F)nccc21. The molecule has 0 bridgehead atoms. The molecule has 0 aliphatic rings. The molecule has 26 heavy (non-hydrogen) atoms. The second kappa shape index (κ2) is 7.33. The van der Waals surface area contributed by atoms with E-state index in [1.807, 2.05) is 29.8 Å². The maximum absolute atomic E-state index is 14.3. The van der Waals surface area contributed by atoms with Gasteiger partial charge in [0.2, 0.25) is 5.91 Å². The van der Waals surface area contributed by atoms with Gasteiger partial charge in [0.25, 0.3) is 0 Å². The summed E-state index contributed by atoms with van der Waals surface area (Å²) in [7, 11) is 1.77. The molecule has 3 rings (SSSR count). The molecule has 1 N–H and O–H groups in total. The van der Waals surface area contributed by atoms with Crippen LogP contribution in [0.25, 0.3) is 10.9 Å². The summed E-state index contributed by atoms with van der Waals surface area (Å²) in [5.41, 5.74) is 1.88. The molecule has 2 heterocycles. The van der Waals surface area contributed by atoms with Crippen LogP contribution in [-0.4, -0.2) is 34.0 Å². The summed E-state index contributed by atoms with van der Waals surface area (Å²) < 4.78 is 16.1. The van der Waals surface area contributed by atoms with Gasteiger partial charge in [-0.15, -0.1) is 0 Å². The fourth-order valence-electron chi connectivity index (χ4n) is 2.78. The van der Waals surface area contributed by atoms with Crippen LogP contribution in [0.1, 0.15) is 12.5 Å². The molecule has 0 saturated carbocycles. The van der Waals surface area contributed by atoms with Crippen LogP contribution in [0.5, 0.6) is 0 Å². The lowest BCUT2D eigenvalue weighted by Gasteiger charge is -2.15. The monoisotopic (exact) mass is 374 g/mol. The number of carbonyl (C=O) groups excluding carboxylic acids is 1. The first-order valence-corrected chi connectivity index (χ1v) is 8.69. The Morgan fingerprint density at radius 2 is 2.15 bits per heavy atom. The van der Waals surface area contributed by atoms with Crippen LogP contribution >= 0.6 is 11.6 Å². The second-order valence-electron chi connectivity index (χ2n) is 6.15. The molecule has 136 valence electrons. The summed E-state index contributed by atoms with van der Waals surface area (Å²) in [6.45, 7) is 4.61. The smallest absolute Gasteiger partial charge is 0.242 e. The molecule has 0 fully saturated rings. The Balaban J connectivity index is 1.96. The predicted molar refractivity (Wildman–Crippen MR) is 102 cm³/mol. The molecule has 0 radical (unpaired) electrons. The molecule has 3 aromatic rings. The standard InChI is InChI=1S/C19H20ClFN4O/c1-4-24(3)17(26)11-25-8-6-14-16(25)5-7-22-19(14)23-18-12(2)9-13(20)10-15(18)21/h5-10H,4,11H2,1-3H3,(H,22,23). The lowest BCUT2D eigenvalue weighted by molar-refractivity contribution is -0.130. The van der Waals surface area contributed by atoms with E-state index in [1.54, 1.807) is 31.1 Å². The van der Waals surface area contributed by atoms with Crippen molar-refractivity contribution in [1.29, 1.82) is 0 Å². The van der Waals surface area contributed by atoms with Crippen LogP contribution in [0.2, 0.25) is 5.02 Å². The van der Waals surface area contributed by atoms with Crippen molar-refractivity contribution in [2.24, 2.45) is 0 Å². The minimum atomic E-state index is -0.437. The number of likely N-dealkylation sites (N-methyl/N-ethyl adjacent to an activating group) is 1. The number of hydrogen-bond donors (Lipinski definition) is 1. The highest BCUT2D eigenvalue weighted by atomic mass is 35.5. The van der Waals surface area contributed by atoms with Crippen molar-refractivity contribution in [3.8, 4) is 0 Å². The zero-order chi connectivity index (χ0) is 18.8. The van der Waals surface area contributed by atoms with Gasteiger partial charge >= 0.3 is 0 Å². The van der Waals surface area contributed by atoms with Gasteiger partial charge in [0.05, 0.1) is 11.2 Å². The van der Waals surface area contributed by atoms with Crippen LogP contribution in [-0.2, 0) is 11.3 Å². The van der Waals surface area contributed by atoms with Crippen molar-refractivity contribution >= 4 is 39.9 Å². The van der Waals surface area contributed by atoms with Crippen molar-refractivity contribution in [1.82, 2.24) is 14.5 Å². The van der Waals surface area contributed by atoms with Crippen molar-refractivity contribution in [2.45, 2.75) is 20.4 Å². The largest absolute Gasteiger partial charge is 0.344 e. The van der Waals surface area contributed by atoms with E-state index in [0.717, 1.165) is 10.9 Å². The van der Waals surface area contributed by atoms with Crippen molar-refractivity contribution in [3.63, 3.8) is 0 Å². The molecule has 5 nitrogen and oxygen atoms in total. The lowest BCUT2D eigenvalue weighted by Crippen LogP contribution is -2.29. The number of carbonyl (C=O) groups is 1. The number of amides is 1. The Labute approximate surface area is 156 Å². The Kier molecular flexibility index (Phi) is 5.13. The number of aryl methyl sites for hydroxylation is 1. The maximum Gasteiger partial charge on any atom is 0.242 e. The fraction of sp³-hybridized carbons (Fsp3) is 0.263. The fourth-order valence-corrected chi connectivity index (χ4v) is 3.04. The van der Waals surface area contributed by atoms with E-state index in [0.29, 0.717) is 28.6 Å². The number of pyridine rings is 1. The highest BCUT2D eigenvalue weighted by Crippen LogP contribution is 2.30. The Morgan fingerprint density at radius 3 is 2.85 bits per heavy atom. The van der Waals surface area contributed by atoms with Gasteiger partial charge in [-0.1, -0.05) is 11.6 Å². The third-order valence-electron chi connectivity index (χ3n) is 4.40. The lowest BCUT2D eigenvalue weighted by atomic mass is 10.2. The van der Waals surface area contributed by atoms with E-state index in [-0.39, 0.29) is 12.5 Å². The topological polar surface area (TPSA) is 50.2 Å². The Hall–Kier alpha value is -2.60. The zero-order valence-electron chi connectivity index (χ0n) is 14.9. The number of hydrogen-bond acceptors (Lipinski definition) is 3. The van der Waals surface area contributed by atoms with Gasteiger partial charge in [-0.2, -0.15) is 0 Å². The number of benzene rings is 1. The minimum absolute atomic E-state index is 0.0240. The number of halogens is 2. The Morgan fingerprint density at radius 1 is 1.38 bits per heavy atom. The maximum atomic E-state index is 14.3. The third kappa shape index (κ3) is 3.51. The third-order valence-corrected chi connectivity index (χ3v) is 4.62. The van der Waals surface area contributed by atoms with Crippen LogP contribution in [0.4, 0.5) is 15.9 Å². The molecule has 0 spiro atoms. The van der Waals surface area contributed by atoms with Crippen molar-refractivity contribution in [3.05, 3.63) is 53.1 Å². The molecule has 7 heteroatoms. The van der Waals surface area contributed by atoms with Gasteiger partial charge < -0.3 is 14.8 Å². The average molecular weight is 375 g/mol. The molecule has 2 aromatic heterocycles. The van der Waals surface area contributed by atoms with Gasteiger partial charge in [-0.25, -0.2) is 9.37 Å². The number of nitrogens with zero attached hydrogens (tertiary/aromatic N) is 3. The van der Waals surface area contributed by atoms with E-state index in [4.69, 9.17) is 11.6 Å². The van der Waals surface area contributed by atoms with Crippen LogP contribution in [0, 0.1) is 12.7 Å². The Bertz CT molecular complexity index is 946. The van der Waals surface area contributed by atoms with Gasteiger partial charge in [0, 0.05) is 36.4 Å². The molecule has 0 aliphatic carbocycles. The summed E-state index contributed by atoms with van der Waals surface area (Å²) in [6.07, 6.45) is 3.47. The molecular weight excluding hydrogens is 355 g/mol. The van der Waals surface area contributed by atoms with Gasteiger partial charge in [-0.3, -0.25) is 4.79 Å². The van der Waals surface area contributed by atoms with E-state index >= 15 is 0 Å². The van der Waals surface area contributed by atoms with E-state index in [1.165, 1.54) is 6.07 Å². The number of anilines is 2. The molecule has 1 amide bonds. The molecule has 0 atom stereocenters. The number of nitrogens with one attached hydrogen (secondary N) is 1. The molecular formula is C19H20ClFN4O. The van der Waals surface area contributed by atoms with Gasteiger partial charge in [0.15, 0.2) is 0 Å². The van der Waals surface area contributed by atoms with Crippen molar-refractivity contribution in [2.75, 3.05) is 18.9 Å². The summed E-state index contributed by atoms with van der Waals surface area (Å²) in [4.78, 5) is 18.2. The quantitative estimate of drug-likeness (QED) is 0.721. The van der Waals surface area contributed by atoms with Crippen molar-refractivity contribution < 1.29 is 9.18 Å². The summed E-state index contributed by atoms with van der Waals surface area (Å²) in [6, 6.07) is 6.66. The van der Waals surface area contributed by atoms with E-state index < -0.39 is 5.82 Å². The highest BCUT2D eigenvalue weighted by Gasteiger charge is 2.14. The summed E-state index contributed by atoms with van der Waals surface area (Å²) in [5.74, 6) is 0.116. The molecule has 0 saturated heterocycles. The average Bonchev–Trinajstić information content (AvgIpc) is 3.01. The number of aromatic nitrogens is 2. The summed E-state index contributed by atoms with van der Waals surface area (Å²) >= 11 is 5.89. The first-order valence-electron chi connectivity index (χ1n) is 8.31. The van der Waals surface area contributed by atoms with Gasteiger partial charge in [-0.05, 0) is 43.7 Å². The second-order valence-corrected chi connectivity index (χ2v) is 6.58. The first-order chi connectivity index (χ1) is 12.4. The predicted octanol–water partition coefficient (Wildman–Crippen LogP) is 4.36. The van der Waals surface area contributed by atoms with E-state index in [9.17, 15) is 9.18 Å². The van der Waals surface area contributed by atoms with Gasteiger partial charge in [0.1, 0.15) is 18.2 Å². The molecule has 0 aliphatic heterocycles. The first kappa shape index (κ1) is 18.2. The van der Waals surface area contributed by atoms with E-state index in [2.05, 4.69) is 10.3 Å². The summed E-state index contributed by atoms with van der Waals surface area (Å²) in [5, 5.41) is 4.22. The minimum Gasteiger partial charge on any atom is -0.344 e. The van der Waals surface area contributed by atoms with Crippen LogP contribution in [0.3, 0.4) is 0 Å². The number of rotatable bonds is 5. The van der Waals surface area contributed by atoms with Crippen LogP contribution < -0.4 is 5.32 Å². The van der Waals surface area contributed by atoms with Crippen LogP contribution in [0.15, 0.2) is 36.7 Å². The number of fused-ring (bicyclic) bond motifs is 1. The molecule has 0 unspecified atom stereocenters. The highest BCUT2D eigenvalue weighted by molar-refractivity contribution is 6.30.